The minimum Gasteiger partial charge on any atom is -1.00 e. The number of aliphatic hydroxyl groups is 5. The molecule has 0 bridgehead atoms. The average molecular weight is 438 g/mol. The molecule has 9 atom stereocenters. The minimum absolute atomic E-state index is 0. The normalized spacial score (nSPS) is 49.0. The van der Waals surface area contributed by atoms with Crippen LogP contribution in [0.3, 0.4) is 0 Å². The van der Waals surface area contributed by atoms with E-state index in [4.69, 9.17) is 49.0 Å². The summed E-state index contributed by atoms with van der Waals surface area (Å²) < 4.78 is 16.1. The molecule has 2 heterocycles. The van der Waals surface area contributed by atoms with Crippen molar-refractivity contribution >= 4 is 34.8 Å². The van der Waals surface area contributed by atoms with Crippen LogP contribution in [-0.4, -0.2) is 98.0 Å². The summed E-state index contributed by atoms with van der Waals surface area (Å²) in [4.78, 5) is 0. The summed E-state index contributed by atoms with van der Waals surface area (Å²) in [5, 5.41) is 48.1. The van der Waals surface area contributed by atoms with Gasteiger partial charge in [0.05, 0.1) is 23.7 Å². The third-order valence-corrected chi connectivity index (χ3v) is 5.17. The maximum absolute atomic E-state index is 10.1. The van der Waals surface area contributed by atoms with E-state index in [1.54, 1.807) is 0 Å². The van der Waals surface area contributed by atoms with Crippen LogP contribution in [0.2, 0.25) is 0 Å². The predicted molar refractivity (Wildman–Crippen MR) is 80.7 cm³/mol. The molecule has 2 aliphatic rings. The van der Waals surface area contributed by atoms with Gasteiger partial charge in [-0.2, -0.15) is 0 Å². The van der Waals surface area contributed by atoms with Crippen molar-refractivity contribution in [3.8, 4) is 0 Å². The maximum atomic E-state index is 10.1. The number of hydrogen-bond donors (Lipinski definition) is 5. The Morgan fingerprint density at radius 3 is 2.12 bits per heavy atom. The first-order valence-corrected chi connectivity index (χ1v) is 8.42. The number of ether oxygens (including phenoxy) is 3. The zero-order valence-electron chi connectivity index (χ0n) is 13.8. The van der Waals surface area contributed by atoms with Crippen molar-refractivity contribution in [1.82, 2.24) is 0 Å². The monoisotopic (exact) mass is 436 g/mol. The molecule has 0 spiro atoms. The molecule has 2 saturated heterocycles. The molecule has 0 aromatic heterocycles. The van der Waals surface area contributed by atoms with E-state index in [0.717, 1.165) is 0 Å². The molecule has 0 saturated carbocycles. The van der Waals surface area contributed by atoms with E-state index in [1.807, 2.05) is 0 Å². The molecule has 0 aromatic carbocycles. The van der Waals surface area contributed by atoms with Crippen LogP contribution in [0.1, 0.15) is 1.43 Å². The molecule has 8 nitrogen and oxygen atoms in total. The van der Waals surface area contributed by atoms with Gasteiger partial charge in [-0.15, -0.1) is 34.8 Å². The Labute approximate surface area is 197 Å². The van der Waals surface area contributed by atoms with Gasteiger partial charge in [0.15, 0.2) is 6.29 Å². The molecule has 0 amide bonds. The second-order valence-electron chi connectivity index (χ2n) is 5.46. The number of rotatable bonds is 5. The molecular weight excluding hydrogens is 418 g/mol. The Bertz CT molecular complexity index is 415. The van der Waals surface area contributed by atoms with Crippen molar-refractivity contribution in [2.75, 3.05) is 18.4 Å². The Kier molecular flexibility index (Phi) is 10.2. The molecule has 0 unspecified atom stereocenters. The molecule has 0 radical (unpaired) electrons. The molecule has 2 fully saturated rings. The Balaban J connectivity index is 0.00000288. The van der Waals surface area contributed by atoms with Gasteiger partial charge in [-0.25, -0.2) is 0 Å². The first kappa shape index (κ1) is 24.2. The van der Waals surface area contributed by atoms with E-state index < -0.39 is 66.6 Å². The molecular formula is C12H20Cl3KO8. The third-order valence-electron chi connectivity index (χ3n) is 3.96. The fourth-order valence-corrected chi connectivity index (χ4v) is 3.37. The van der Waals surface area contributed by atoms with Crippen molar-refractivity contribution in [1.29, 1.82) is 0 Å². The SMILES string of the molecule is OC[C@H]1O[C@H](O[C@]2(CCl)O[C@H](CCl)[C@@H](O)[C@@H]2O)[C@H](O)[C@@H](O)[C@H]1Cl.[H-].[K+]. The Morgan fingerprint density at radius 2 is 1.67 bits per heavy atom. The van der Waals surface area contributed by atoms with Gasteiger partial charge < -0.3 is 41.2 Å². The molecule has 0 aromatic rings. The largest absolute Gasteiger partial charge is 1.00 e. The van der Waals surface area contributed by atoms with Crippen molar-refractivity contribution in [2.24, 2.45) is 0 Å². The molecule has 2 rings (SSSR count). The van der Waals surface area contributed by atoms with Crippen LogP contribution in [0.4, 0.5) is 0 Å². The first-order chi connectivity index (χ1) is 10.8. The average Bonchev–Trinajstić information content (AvgIpc) is 2.80. The maximum Gasteiger partial charge on any atom is 1.00 e. The van der Waals surface area contributed by atoms with Gasteiger partial charge in [-0.05, 0) is 0 Å². The number of alkyl halides is 3. The van der Waals surface area contributed by atoms with E-state index in [2.05, 4.69) is 0 Å². The molecule has 0 aliphatic carbocycles. The molecule has 2 aliphatic heterocycles. The second kappa shape index (κ2) is 10.1. The second-order valence-corrected chi connectivity index (χ2v) is 6.54. The molecule has 24 heavy (non-hydrogen) atoms. The van der Waals surface area contributed by atoms with Crippen LogP contribution < -0.4 is 51.4 Å². The van der Waals surface area contributed by atoms with Crippen molar-refractivity contribution in [3.05, 3.63) is 0 Å². The van der Waals surface area contributed by atoms with Gasteiger partial charge >= 0.3 is 51.4 Å². The van der Waals surface area contributed by atoms with Gasteiger partial charge in [0.25, 0.3) is 0 Å². The predicted octanol–water partition coefficient (Wildman–Crippen LogP) is -4.54. The van der Waals surface area contributed by atoms with Crippen molar-refractivity contribution in [3.63, 3.8) is 0 Å². The zero-order valence-corrected chi connectivity index (χ0v) is 18.2. The zero-order chi connectivity index (χ0) is 17.4. The standard InChI is InChI=1S/C12H19Cl3O8.K.H/c13-1-4-7(17)10(20)12(3-14,22-4)23-11-9(19)8(18)6(15)5(2-16)21-11;;/h4-11,16-20H,1-3H2;;/q;+1;-1/t4-,5-,6+,7-,8+,9-,10+,11-,12+;;/m1../s1. The van der Waals surface area contributed by atoms with E-state index in [-0.39, 0.29) is 58.7 Å². The summed E-state index contributed by atoms with van der Waals surface area (Å²) in [6.07, 6.45) is -9.39. The summed E-state index contributed by atoms with van der Waals surface area (Å²) >= 11 is 17.3. The fourth-order valence-electron chi connectivity index (χ4n) is 2.56. The van der Waals surface area contributed by atoms with Gasteiger partial charge in [-0.3, -0.25) is 0 Å². The van der Waals surface area contributed by atoms with E-state index in [1.165, 1.54) is 0 Å². The van der Waals surface area contributed by atoms with Crippen LogP contribution in [0.15, 0.2) is 0 Å². The van der Waals surface area contributed by atoms with Gasteiger partial charge in [-0.1, -0.05) is 0 Å². The molecule has 12 heteroatoms. The summed E-state index contributed by atoms with van der Waals surface area (Å²) in [6, 6.07) is 0. The minimum atomic E-state index is -1.90. The van der Waals surface area contributed by atoms with Crippen LogP contribution in [0.25, 0.3) is 0 Å². The number of hydrogen-bond acceptors (Lipinski definition) is 8. The van der Waals surface area contributed by atoms with Crippen LogP contribution in [0, 0.1) is 0 Å². The quantitative estimate of drug-likeness (QED) is 0.215. The summed E-state index contributed by atoms with van der Waals surface area (Å²) in [7, 11) is 0. The fraction of sp³-hybridized carbons (Fsp3) is 1.00. The van der Waals surface area contributed by atoms with Crippen LogP contribution in [0.5, 0.6) is 0 Å². The van der Waals surface area contributed by atoms with Crippen LogP contribution >= 0.6 is 34.8 Å². The Morgan fingerprint density at radius 1 is 1.04 bits per heavy atom. The van der Waals surface area contributed by atoms with Gasteiger partial charge in [0.2, 0.25) is 5.79 Å². The van der Waals surface area contributed by atoms with Gasteiger partial charge in [0.1, 0.15) is 36.6 Å². The van der Waals surface area contributed by atoms with Gasteiger partial charge in [0, 0.05) is 0 Å². The smallest absolute Gasteiger partial charge is 1.00 e. The number of aliphatic hydroxyl groups excluding tert-OH is 5. The van der Waals surface area contributed by atoms with Crippen molar-refractivity contribution in [2.45, 2.75) is 54.1 Å². The molecule has 5 N–H and O–H groups in total. The van der Waals surface area contributed by atoms with E-state index in [9.17, 15) is 25.5 Å². The summed E-state index contributed by atoms with van der Waals surface area (Å²) in [5.74, 6) is -2.43. The van der Waals surface area contributed by atoms with Crippen molar-refractivity contribution < 1.29 is 92.6 Å². The Hall–Kier alpha value is 2.19. The van der Waals surface area contributed by atoms with Crippen LogP contribution in [-0.2, 0) is 14.2 Å². The summed E-state index contributed by atoms with van der Waals surface area (Å²) in [5.41, 5.74) is 0. The van der Waals surface area contributed by atoms with E-state index >= 15 is 0 Å². The molecule has 138 valence electrons. The summed E-state index contributed by atoms with van der Waals surface area (Å²) in [6.45, 7) is -0.526. The third kappa shape index (κ3) is 4.60. The topological polar surface area (TPSA) is 129 Å². The number of halogens is 3. The first-order valence-electron chi connectivity index (χ1n) is 6.91. The van der Waals surface area contributed by atoms with E-state index in [0.29, 0.717) is 0 Å².